The Morgan fingerprint density at radius 2 is 2.12 bits per heavy atom. The van der Waals surface area contributed by atoms with Crippen molar-refractivity contribution in [1.82, 2.24) is 29.5 Å². The Labute approximate surface area is 182 Å². The van der Waals surface area contributed by atoms with Gasteiger partial charge in [0.1, 0.15) is 17.5 Å². The summed E-state index contributed by atoms with van der Waals surface area (Å²) < 4.78 is 1.91. The lowest BCUT2D eigenvalue weighted by Gasteiger charge is -2.14. The maximum absolute atomic E-state index is 12.7. The molecule has 4 heterocycles. The monoisotopic (exact) mass is 427 g/mol. The number of hydrogen-bond acceptors (Lipinski definition) is 6. The highest BCUT2D eigenvalue weighted by molar-refractivity contribution is 5.86. The van der Waals surface area contributed by atoms with Gasteiger partial charge in [-0.05, 0) is 42.8 Å². The summed E-state index contributed by atoms with van der Waals surface area (Å²) in [5.74, 6) is 0.447. The highest BCUT2D eigenvalue weighted by Gasteiger charge is 2.17. The molecule has 0 fully saturated rings. The van der Waals surface area contributed by atoms with Crippen LogP contribution >= 0.6 is 0 Å². The standard InChI is InChI=1S/C23H21N7O2/c1-14-10-15(30-9-8-24-13-30)11-18-21(14)29-22(28-18)20-17(5-7-26-23(20)32)27-12-19(31)16-4-2-3-6-25-16/h2-11,13,19,31H,12H2,1H3,(H,28,29)(H2,26,27,32). The second-order valence-corrected chi connectivity index (χ2v) is 7.46. The minimum absolute atomic E-state index is 0.192. The molecular formula is C23H21N7O2. The van der Waals surface area contributed by atoms with Gasteiger partial charge < -0.3 is 25.0 Å². The van der Waals surface area contributed by atoms with Crippen LogP contribution in [0.4, 0.5) is 5.69 Å². The number of aliphatic hydroxyl groups is 1. The lowest BCUT2D eigenvalue weighted by Crippen LogP contribution is -2.17. The van der Waals surface area contributed by atoms with Crippen LogP contribution in [0, 0.1) is 6.92 Å². The maximum atomic E-state index is 12.7. The summed E-state index contributed by atoms with van der Waals surface area (Å²) in [5, 5.41) is 13.6. The first-order chi connectivity index (χ1) is 15.6. The van der Waals surface area contributed by atoms with E-state index >= 15 is 0 Å². The van der Waals surface area contributed by atoms with Crippen molar-refractivity contribution in [3.05, 3.63) is 89.1 Å². The molecule has 0 spiro atoms. The number of anilines is 1. The van der Waals surface area contributed by atoms with E-state index in [9.17, 15) is 9.90 Å². The number of aromatic amines is 2. The Morgan fingerprint density at radius 3 is 2.91 bits per heavy atom. The van der Waals surface area contributed by atoms with Crippen LogP contribution in [0.1, 0.15) is 17.4 Å². The third kappa shape index (κ3) is 3.65. The normalized spacial score (nSPS) is 12.2. The van der Waals surface area contributed by atoms with Crippen molar-refractivity contribution < 1.29 is 5.11 Å². The van der Waals surface area contributed by atoms with Crippen LogP contribution in [0.2, 0.25) is 0 Å². The summed E-state index contributed by atoms with van der Waals surface area (Å²) in [7, 11) is 0. The molecule has 9 heteroatoms. The highest BCUT2D eigenvalue weighted by atomic mass is 16.3. The van der Waals surface area contributed by atoms with Crippen LogP contribution in [0.5, 0.6) is 0 Å². The third-order valence-corrected chi connectivity index (χ3v) is 5.28. The van der Waals surface area contributed by atoms with Crippen LogP contribution in [0.3, 0.4) is 0 Å². The SMILES string of the molecule is Cc1cc(-n2ccnc2)cc2[nH]c(-c3c(NCC(O)c4ccccn4)cc[nH]c3=O)nc12. The van der Waals surface area contributed by atoms with Gasteiger partial charge >= 0.3 is 0 Å². The van der Waals surface area contributed by atoms with Gasteiger partial charge in [-0.3, -0.25) is 9.78 Å². The summed E-state index contributed by atoms with van der Waals surface area (Å²) in [6.07, 6.45) is 7.69. The van der Waals surface area contributed by atoms with Crippen molar-refractivity contribution >= 4 is 16.7 Å². The molecule has 32 heavy (non-hydrogen) atoms. The highest BCUT2D eigenvalue weighted by Crippen LogP contribution is 2.27. The number of hydrogen-bond donors (Lipinski definition) is 4. The van der Waals surface area contributed by atoms with E-state index in [-0.39, 0.29) is 12.1 Å². The molecule has 1 atom stereocenters. The van der Waals surface area contributed by atoms with Crippen LogP contribution in [0.25, 0.3) is 28.1 Å². The number of nitrogens with one attached hydrogen (secondary N) is 3. The van der Waals surface area contributed by atoms with Crippen LogP contribution in [-0.2, 0) is 0 Å². The lowest BCUT2D eigenvalue weighted by atomic mass is 10.2. The molecule has 5 rings (SSSR count). The molecule has 9 nitrogen and oxygen atoms in total. The van der Waals surface area contributed by atoms with Crippen LogP contribution in [-0.4, -0.2) is 41.1 Å². The van der Waals surface area contributed by atoms with E-state index < -0.39 is 6.10 Å². The number of imidazole rings is 2. The molecule has 0 aliphatic carbocycles. The second-order valence-electron chi connectivity index (χ2n) is 7.46. The van der Waals surface area contributed by atoms with Crippen molar-refractivity contribution in [3.63, 3.8) is 0 Å². The number of aryl methyl sites for hydroxylation is 1. The Kier molecular flexibility index (Phi) is 5.00. The number of nitrogens with zero attached hydrogens (tertiary/aromatic N) is 4. The molecule has 4 N–H and O–H groups in total. The van der Waals surface area contributed by atoms with Crippen molar-refractivity contribution in [1.29, 1.82) is 0 Å². The Balaban J connectivity index is 1.51. The third-order valence-electron chi connectivity index (χ3n) is 5.28. The summed E-state index contributed by atoms with van der Waals surface area (Å²) in [5.41, 5.74) is 4.73. The average Bonchev–Trinajstić information content (AvgIpc) is 3.48. The molecular weight excluding hydrogens is 406 g/mol. The van der Waals surface area contributed by atoms with Gasteiger partial charge in [-0.1, -0.05) is 6.07 Å². The molecule has 1 aromatic carbocycles. The fourth-order valence-electron chi connectivity index (χ4n) is 3.70. The summed E-state index contributed by atoms with van der Waals surface area (Å²) in [6, 6.07) is 11.1. The Bertz CT molecular complexity index is 1420. The van der Waals surface area contributed by atoms with Crippen LogP contribution in [0.15, 0.2) is 72.3 Å². The summed E-state index contributed by atoms with van der Waals surface area (Å²) in [4.78, 5) is 31.7. The van der Waals surface area contributed by atoms with Gasteiger partial charge in [0.2, 0.25) is 0 Å². The maximum Gasteiger partial charge on any atom is 0.261 e. The zero-order valence-corrected chi connectivity index (χ0v) is 17.3. The van der Waals surface area contributed by atoms with Crippen molar-refractivity contribution in [2.75, 3.05) is 11.9 Å². The lowest BCUT2D eigenvalue weighted by molar-refractivity contribution is 0.187. The van der Waals surface area contributed by atoms with Gasteiger partial charge in [-0.25, -0.2) is 9.97 Å². The van der Waals surface area contributed by atoms with Crippen molar-refractivity contribution in [2.24, 2.45) is 0 Å². The van der Waals surface area contributed by atoms with Crippen LogP contribution < -0.4 is 10.9 Å². The van der Waals surface area contributed by atoms with E-state index in [0.717, 1.165) is 22.3 Å². The number of fused-ring (bicyclic) bond motifs is 1. The van der Waals surface area contributed by atoms with E-state index in [1.165, 1.54) is 0 Å². The molecule has 0 bridgehead atoms. The fourth-order valence-corrected chi connectivity index (χ4v) is 3.70. The minimum atomic E-state index is -0.820. The first kappa shape index (κ1) is 19.7. The van der Waals surface area contributed by atoms with E-state index in [2.05, 4.69) is 25.3 Å². The average molecular weight is 427 g/mol. The molecule has 0 aliphatic rings. The minimum Gasteiger partial charge on any atom is -0.385 e. The molecule has 0 radical (unpaired) electrons. The van der Waals surface area contributed by atoms with E-state index in [0.29, 0.717) is 22.8 Å². The summed E-state index contributed by atoms with van der Waals surface area (Å²) >= 11 is 0. The van der Waals surface area contributed by atoms with Gasteiger partial charge in [0.05, 0.1) is 28.7 Å². The van der Waals surface area contributed by atoms with Gasteiger partial charge in [-0.15, -0.1) is 0 Å². The topological polar surface area (TPSA) is 125 Å². The molecule has 0 aliphatic heterocycles. The number of benzene rings is 1. The predicted octanol–water partition coefficient (Wildman–Crippen LogP) is 2.95. The molecule has 5 aromatic rings. The van der Waals surface area contributed by atoms with Gasteiger partial charge in [-0.2, -0.15) is 0 Å². The van der Waals surface area contributed by atoms with E-state index in [1.54, 1.807) is 43.1 Å². The molecule has 0 saturated heterocycles. The first-order valence-corrected chi connectivity index (χ1v) is 10.1. The van der Waals surface area contributed by atoms with Crippen molar-refractivity contribution in [2.45, 2.75) is 13.0 Å². The molecule has 4 aromatic heterocycles. The molecule has 1 unspecified atom stereocenters. The van der Waals surface area contributed by atoms with Crippen molar-refractivity contribution in [3.8, 4) is 17.1 Å². The molecule has 0 saturated carbocycles. The molecule has 160 valence electrons. The quantitative estimate of drug-likeness (QED) is 0.330. The zero-order valence-electron chi connectivity index (χ0n) is 17.3. The Morgan fingerprint density at radius 1 is 1.22 bits per heavy atom. The van der Waals surface area contributed by atoms with Gasteiger partial charge in [0.25, 0.3) is 5.56 Å². The van der Waals surface area contributed by atoms with Gasteiger partial charge in [0, 0.05) is 37.0 Å². The second kappa shape index (κ2) is 8.12. The zero-order chi connectivity index (χ0) is 22.1. The summed E-state index contributed by atoms with van der Waals surface area (Å²) in [6.45, 7) is 2.17. The van der Waals surface area contributed by atoms with Gasteiger partial charge in [0.15, 0.2) is 0 Å². The predicted molar refractivity (Wildman–Crippen MR) is 122 cm³/mol. The largest absolute Gasteiger partial charge is 0.385 e. The van der Waals surface area contributed by atoms with E-state index in [1.807, 2.05) is 35.9 Å². The number of rotatable bonds is 6. The molecule has 0 amide bonds. The fraction of sp³-hybridized carbons (Fsp3) is 0.130. The smallest absolute Gasteiger partial charge is 0.261 e. The number of pyridine rings is 2. The number of aromatic nitrogens is 6. The first-order valence-electron chi connectivity index (χ1n) is 10.1. The number of aliphatic hydroxyl groups excluding tert-OH is 1. The van der Waals surface area contributed by atoms with E-state index in [4.69, 9.17) is 4.98 Å². The number of H-pyrrole nitrogens is 2. The Hall–Kier alpha value is -4.24.